The average Bonchev–Trinajstić information content (AvgIpc) is 2.30. The Hall–Kier alpha value is -0.320. The van der Waals surface area contributed by atoms with Gasteiger partial charge in [0.1, 0.15) is 5.75 Å². The molecule has 18 heavy (non-hydrogen) atoms. The van der Waals surface area contributed by atoms with E-state index in [9.17, 15) is 0 Å². The van der Waals surface area contributed by atoms with Gasteiger partial charge in [-0.15, -0.1) is 0 Å². The molecule has 2 N–H and O–H groups in total. The first-order chi connectivity index (χ1) is 8.49. The Morgan fingerprint density at radius 2 is 1.89 bits per heavy atom. The van der Waals surface area contributed by atoms with Crippen molar-refractivity contribution in [3.8, 4) is 5.75 Å². The van der Waals surface area contributed by atoms with E-state index in [0.29, 0.717) is 19.1 Å². The molecule has 0 fully saturated rings. The van der Waals surface area contributed by atoms with Gasteiger partial charge in [-0.25, -0.2) is 0 Å². The molecule has 1 aromatic rings. The summed E-state index contributed by atoms with van der Waals surface area (Å²) in [6.07, 6.45) is 2.13. The zero-order chi connectivity index (χ0) is 13.7. The quantitative estimate of drug-likeness (QED) is 0.814. The molecule has 4 heteroatoms. The number of benzene rings is 1. The minimum atomic E-state index is 0.458. The van der Waals surface area contributed by atoms with E-state index >= 15 is 0 Å². The Bertz CT molecular complexity index is 418. The van der Waals surface area contributed by atoms with Crippen molar-refractivity contribution in [2.24, 2.45) is 11.7 Å². The van der Waals surface area contributed by atoms with Crippen LogP contribution >= 0.6 is 31.9 Å². The van der Waals surface area contributed by atoms with Crippen LogP contribution in [0.3, 0.4) is 0 Å². The monoisotopic (exact) mass is 375 g/mol. The average molecular weight is 377 g/mol. The third-order valence-corrected chi connectivity index (χ3v) is 3.82. The number of rotatable bonds is 5. The zero-order valence-corrected chi connectivity index (χ0v) is 14.1. The lowest BCUT2D eigenvalue weighted by atomic mass is 10.0. The predicted octanol–water partition coefficient (Wildman–Crippen LogP) is 4.61. The van der Waals surface area contributed by atoms with Gasteiger partial charge in [0.25, 0.3) is 0 Å². The fraction of sp³-hybridized carbons (Fsp3) is 0.429. The summed E-state index contributed by atoms with van der Waals surface area (Å²) in [6, 6.07) is 4.10. The van der Waals surface area contributed by atoms with Gasteiger partial charge in [-0.1, -0.05) is 25.5 Å². The second-order valence-corrected chi connectivity index (χ2v) is 6.03. The molecule has 0 heterocycles. The standard InChI is InChI=1S/C14H19Br2NO/c1-4-18-14-12(15)6-10(7-13(14)16)5-11(8-17)9(2)3/h5-7,9H,4,8,17H2,1-3H3. The van der Waals surface area contributed by atoms with Crippen LogP contribution in [0.1, 0.15) is 26.3 Å². The maximum Gasteiger partial charge on any atom is 0.147 e. The Morgan fingerprint density at radius 1 is 1.33 bits per heavy atom. The molecule has 0 radical (unpaired) electrons. The molecule has 0 aliphatic rings. The van der Waals surface area contributed by atoms with Crippen molar-refractivity contribution >= 4 is 37.9 Å². The van der Waals surface area contributed by atoms with E-state index in [1.807, 2.05) is 19.1 Å². The van der Waals surface area contributed by atoms with Gasteiger partial charge in [-0.2, -0.15) is 0 Å². The SMILES string of the molecule is CCOc1c(Br)cc(C=C(CN)C(C)C)cc1Br. The highest BCUT2D eigenvalue weighted by atomic mass is 79.9. The van der Waals surface area contributed by atoms with Crippen LogP contribution in [0.2, 0.25) is 0 Å². The van der Waals surface area contributed by atoms with Crippen molar-refractivity contribution < 1.29 is 4.74 Å². The first kappa shape index (κ1) is 15.7. The van der Waals surface area contributed by atoms with Crippen molar-refractivity contribution in [1.29, 1.82) is 0 Å². The largest absolute Gasteiger partial charge is 0.492 e. The van der Waals surface area contributed by atoms with E-state index in [2.05, 4.69) is 51.8 Å². The summed E-state index contributed by atoms with van der Waals surface area (Å²) in [6.45, 7) is 7.50. The maximum absolute atomic E-state index is 5.76. The lowest BCUT2D eigenvalue weighted by Gasteiger charge is -2.12. The summed E-state index contributed by atoms with van der Waals surface area (Å²) in [5.41, 5.74) is 8.11. The molecule has 1 rings (SSSR count). The van der Waals surface area contributed by atoms with Crippen LogP contribution in [-0.2, 0) is 0 Å². The molecule has 0 aromatic heterocycles. The fourth-order valence-electron chi connectivity index (χ4n) is 1.62. The highest BCUT2D eigenvalue weighted by molar-refractivity contribution is 9.11. The summed E-state index contributed by atoms with van der Waals surface area (Å²) in [4.78, 5) is 0. The molecule has 0 aliphatic carbocycles. The van der Waals surface area contributed by atoms with Crippen LogP contribution in [0.5, 0.6) is 5.75 Å². The van der Waals surface area contributed by atoms with E-state index in [1.54, 1.807) is 0 Å². The van der Waals surface area contributed by atoms with Gasteiger partial charge < -0.3 is 10.5 Å². The summed E-state index contributed by atoms with van der Waals surface area (Å²) < 4.78 is 7.46. The highest BCUT2D eigenvalue weighted by Gasteiger charge is 2.08. The molecule has 0 aliphatic heterocycles. The Balaban J connectivity index is 3.13. The Labute approximate surface area is 126 Å². The molecule has 0 saturated carbocycles. The molecule has 0 spiro atoms. The first-order valence-corrected chi connectivity index (χ1v) is 7.60. The summed E-state index contributed by atoms with van der Waals surface area (Å²) in [5.74, 6) is 1.30. The van der Waals surface area contributed by atoms with Crippen LogP contribution in [0.25, 0.3) is 6.08 Å². The molecule has 2 nitrogen and oxygen atoms in total. The van der Waals surface area contributed by atoms with Gasteiger partial charge >= 0.3 is 0 Å². The Kier molecular flexibility index (Phi) is 6.39. The molecule has 0 amide bonds. The lowest BCUT2D eigenvalue weighted by Crippen LogP contribution is -2.08. The topological polar surface area (TPSA) is 35.2 Å². The second kappa shape index (κ2) is 7.31. The van der Waals surface area contributed by atoms with Crippen molar-refractivity contribution in [2.75, 3.05) is 13.2 Å². The second-order valence-electron chi connectivity index (χ2n) is 4.32. The first-order valence-electron chi connectivity index (χ1n) is 6.02. The van der Waals surface area contributed by atoms with E-state index in [0.717, 1.165) is 20.3 Å². The number of hydrogen-bond acceptors (Lipinski definition) is 2. The number of ether oxygens (including phenoxy) is 1. The van der Waals surface area contributed by atoms with Gasteiger partial charge in [-0.05, 0) is 62.4 Å². The van der Waals surface area contributed by atoms with Crippen molar-refractivity contribution in [3.05, 3.63) is 32.2 Å². The van der Waals surface area contributed by atoms with E-state index in [-0.39, 0.29) is 0 Å². The molecular weight excluding hydrogens is 358 g/mol. The molecule has 1 aromatic carbocycles. The molecule has 0 atom stereocenters. The summed E-state index contributed by atoms with van der Waals surface area (Å²) in [7, 11) is 0. The third-order valence-electron chi connectivity index (χ3n) is 2.64. The highest BCUT2D eigenvalue weighted by Crippen LogP contribution is 2.35. The van der Waals surface area contributed by atoms with Gasteiger partial charge in [0.05, 0.1) is 15.6 Å². The van der Waals surface area contributed by atoms with Crippen molar-refractivity contribution in [2.45, 2.75) is 20.8 Å². The Morgan fingerprint density at radius 3 is 2.28 bits per heavy atom. The number of nitrogens with two attached hydrogens (primary N) is 1. The normalized spacial score (nSPS) is 12.1. The molecule has 0 unspecified atom stereocenters. The van der Waals surface area contributed by atoms with E-state index < -0.39 is 0 Å². The minimum Gasteiger partial charge on any atom is -0.492 e. The van der Waals surface area contributed by atoms with Crippen LogP contribution in [0.15, 0.2) is 26.7 Å². The fourth-order valence-corrected chi connectivity index (χ4v) is 3.07. The van der Waals surface area contributed by atoms with Gasteiger partial charge in [0.15, 0.2) is 0 Å². The van der Waals surface area contributed by atoms with E-state index in [4.69, 9.17) is 10.5 Å². The van der Waals surface area contributed by atoms with E-state index in [1.165, 1.54) is 5.57 Å². The molecule has 0 bridgehead atoms. The van der Waals surface area contributed by atoms with Gasteiger partial charge in [0.2, 0.25) is 0 Å². The summed E-state index contributed by atoms with van der Waals surface area (Å²) in [5, 5.41) is 0. The predicted molar refractivity (Wildman–Crippen MR) is 84.9 cm³/mol. The molecular formula is C14H19Br2NO. The van der Waals surface area contributed by atoms with Crippen molar-refractivity contribution in [1.82, 2.24) is 0 Å². The molecule has 100 valence electrons. The smallest absolute Gasteiger partial charge is 0.147 e. The lowest BCUT2D eigenvalue weighted by molar-refractivity contribution is 0.336. The zero-order valence-electron chi connectivity index (χ0n) is 11.0. The number of hydrogen-bond donors (Lipinski definition) is 1. The van der Waals surface area contributed by atoms with Gasteiger partial charge in [0, 0.05) is 6.54 Å². The van der Waals surface area contributed by atoms with Crippen LogP contribution in [0, 0.1) is 5.92 Å². The number of halogens is 2. The summed E-state index contributed by atoms with van der Waals surface area (Å²) >= 11 is 7.06. The van der Waals surface area contributed by atoms with Crippen LogP contribution < -0.4 is 10.5 Å². The molecule has 0 saturated heterocycles. The third kappa shape index (κ3) is 4.11. The minimum absolute atomic E-state index is 0.458. The maximum atomic E-state index is 5.76. The van der Waals surface area contributed by atoms with Crippen LogP contribution in [-0.4, -0.2) is 13.2 Å². The van der Waals surface area contributed by atoms with Gasteiger partial charge in [-0.3, -0.25) is 0 Å². The van der Waals surface area contributed by atoms with Crippen LogP contribution in [0.4, 0.5) is 0 Å². The van der Waals surface area contributed by atoms with Crippen molar-refractivity contribution in [3.63, 3.8) is 0 Å².